The van der Waals surface area contributed by atoms with E-state index >= 15 is 0 Å². The van der Waals surface area contributed by atoms with Gasteiger partial charge in [0.05, 0.1) is 10.9 Å². The summed E-state index contributed by atoms with van der Waals surface area (Å²) in [4.78, 5) is 7.90. The van der Waals surface area contributed by atoms with Crippen LogP contribution in [0.25, 0.3) is 10.9 Å². The van der Waals surface area contributed by atoms with E-state index < -0.39 is 0 Å². The van der Waals surface area contributed by atoms with Crippen molar-refractivity contribution in [3.8, 4) is 0 Å². The Labute approximate surface area is 96.5 Å². The van der Waals surface area contributed by atoms with Crippen molar-refractivity contribution in [1.29, 1.82) is 0 Å². The Morgan fingerprint density at radius 2 is 2.14 bits per heavy atom. The molecule has 0 bridgehead atoms. The zero-order chi connectivity index (χ0) is 10.1. The normalized spacial score (nSPS) is 10.4. The van der Waals surface area contributed by atoms with E-state index in [1.165, 1.54) is 12.4 Å². The lowest BCUT2D eigenvalue weighted by Gasteiger charge is -2.05. The standard InChI is InChI=1S/C8H4BrFN3.Al/c9-4-1-5(10)7-6(2-4)12-3-13-8(7)11;/h1-3H,(H-,11,12,13);/q-1;+1. The molecule has 1 aromatic heterocycles. The summed E-state index contributed by atoms with van der Waals surface area (Å²) in [5, 5.41) is 0.394. The van der Waals surface area contributed by atoms with E-state index in [1.54, 1.807) is 6.07 Å². The van der Waals surface area contributed by atoms with Crippen LogP contribution >= 0.6 is 15.9 Å². The summed E-state index contributed by atoms with van der Waals surface area (Å²) < 4.78 is 16.9. The van der Waals surface area contributed by atoms with Gasteiger partial charge in [0.1, 0.15) is 18.0 Å². The minimum Gasteiger partial charge on any atom is -0.476 e. The Kier molecular flexibility index (Phi) is 2.68. The molecule has 68 valence electrons. The molecule has 0 spiro atoms. The van der Waals surface area contributed by atoms with E-state index in [2.05, 4.69) is 46.7 Å². The van der Waals surface area contributed by atoms with Crippen molar-refractivity contribution < 1.29 is 4.39 Å². The highest BCUT2D eigenvalue weighted by molar-refractivity contribution is 9.10. The molecule has 0 saturated heterocycles. The second-order valence-electron chi connectivity index (χ2n) is 2.65. The number of nitrogens with zero attached hydrogens (tertiary/aromatic N) is 2. The Morgan fingerprint density at radius 3 is 2.86 bits per heavy atom. The lowest BCUT2D eigenvalue weighted by molar-refractivity contribution is 0.638. The maximum absolute atomic E-state index is 13.5. The van der Waals surface area contributed by atoms with Crippen LogP contribution in [0.2, 0.25) is 0 Å². The number of nitrogens with one attached hydrogen (secondary N) is 1. The molecule has 0 aliphatic carbocycles. The van der Waals surface area contributed by atoms with Crippen molar-refractivity contribution in [1.82, 2.24) is 9.97 Å². The molecular formula is C8H4AlBrFN3. The van der Waals surface area contributed by atoms with Gasteiger partial charge in [0.25, 0.3) is 0 Å². The van der Waals surface area contributed by atoms with Crippen molar-refractivity contribution in [2.45, 2.75) is 0 Å². The Bertz CT molecular complexity index is 491. The monoisotopic (exact) mass is 267 g/mol. The molecule has 0 amide bonds. The number of aromatic nitrogens is 2. The Morgan fingerprint density at radius 1 is 1.36 bits per heavy atom. The summed E-state index contributed by atoms with van der Waals surface area (Å²) in [5.41, 5.74) is 0.567. The molecular weight excluding hydrogens is 264 g/mol. The van der Waals surface area contributed by atoms with Crippen LogP contribution in [-0.2, 0) is 0 Å². The first-order chi connectivity index (χ1) is 6.72. The molecule has 1 heterocycles. The van der Waals surface area contributed by atoms with Gasteiger partial charge >= 0.3 is 16.5 Å². The van der Waals surface area contributed by atoms with Gasteiger partial charge in [0, 0.05) is 4.47 Å². The summed E-state index contributed by atoms with van der Waals surface area (Å²) in [7, 11) is 0. The minimum absolute atomic E-state index is 0.347. The van der Waals surface area contributed by atoms with E-state index in [9.17, 15) is 4.39 Å². The SMILES string of the molecule is Fc1cc(Br)cc2ncnc([NH][Al])c12. The van der Waals surface area contributed by atoms with Crippen LogP contribution in [0.5, 0.6) is 0 Å². The fourth-order valence-corrected chi connectivity index (χ4v) is 1.86. The first kappa shape index (κ1) is 9.84. The Balaban J connectivity index is 2.87. The van der Waals surface area contributed by atoms with Crippen LogP contribution in [0.1, 0.15) is 0 Å². The number of fused-ring (bicyclic) bond motifs is 1. The fourth-order valence-electron chi connectivity index (χ4n) is 1.22. The average molecular weight is 268 g/mol. The highest BCUT2D eigenvalue weighted by Gasteiger charge is 2.08. The van der Waals surface area contributed by atoms with E-state index in [0.717, 1.165) is 0 Å². The second kappa shape index (κ2) is 3.81. The molecule has 14 heavy (non-hydrogen) atoms. The predicted molar refractivity (Wildman–Crippen MR) is 56.6 cm³/mol. The summed E-state index contributed by atoms with van der Waals surface area (Å²) in [6.45, 7) is 0. The highest BCUT2D eigenvalue weighted by atomic mass is 79.9. The van der Waals surface area contributed by atoms with Crippen LogP contribution < -0.4 is 4.30 Å². The third-order valence-electron chi connectivity index (χ3n) is 1.79. The van der Waals surface area contributed by atoms with Crippen molar-refractivity contribution >= 4 is 49.2 Å². The van der Waals surface area contributed by atoms with Crippen LogP contribution in [0.4, 0.5) is 10.2 Å². The maximum Gasteiger partial charge on any atom is 0.308 e. The third kappa shape index (κ3) is 1.61. The van der Waals surface area contributed by atoms with Gasteiger partial charge in [-0.15, -0.1) is 0 Å². The van der Waals surface area contributed by atoms with Gasteiger partial charge in [-0.3, -0.25) is 0 Å². The van der Waals surface area contributed by atoms with Gasteiger partial charge in [-0.1, -0.05) is 15.9 Å². The van der Waals surface area contributed by atoms with Crippen molar-refractivity contribution in [3.05, 3.63) is 28.7 Å². The molecule has 0 fully saturated rings. The highest BCUT2D eigenvalue weighted by Crippen LogP contribution is 2.25. The first-order valence-electron chi connectivity index (χ1n) is 3.78. The van der Waals surface area contributed by atoms with Gasteiger partial charge in [0.2, 0.25) is 0 Å². The van der Waals surface area contributed by atoms with E-state index in [0.29, 0.717) is 21.2 Å². The molecule has 0 aliphatic rings. The van der Waals surface area contributed by atoms with Gasteiger partial charge in [0.15, 0.2) is 0 Å². The molecule has 0 atom stereocenters. The Hall–Kier alpha value is -0.698. The molecule has 0 unspecified atom stereocenters. The summed E-state index contributed by atoms with van der Waals surface area (Å²) >= 11 is 5.49. The fraction of sp³-hybridized carbons (Fsp3) is 0. The van der Waals surface area contributed by atoms with Gasteiger partial charge in [-0.2, -0.15) is 0 Å². The van der Waals surface area contributed by atoms with Crippen molar-refractivity contribution in [3.63, 3.8) is 0 Å². The minimum atomic E-state index is -0.347. The molecule has 2 radical (unpaired) electrons. The predicted octanol–water partition coefficient (Wildman–Crippen LogP) is 2.03. The lowest BCUT2D eigenvalue weighted by atomic mass is 10.2. The summed E-state index contributed by atoms with van der Waals surface area (Å²) in [6.07, 6.45) is 1.39. The van der Waals surface area contributed by atoms with E-state index in [-0.39, 0.29) is 5.82 Å². The molecule has 2 aromatic rings. The number of rotatable bonds is 1. The number of hydrogen-bond donors (Lipinski definition) is 1. The zero-order valence-corrected chi connectivity index (χ0v) is 9.70. The summed E-state index contributed by atoms with van der Waals surface area (Å²) in [6, 6.07) is 3.13. The quantitative estimate of drug-likeness (QED) is 0.804. The van der Waals surface area contributed by atoms with Crippen LogP contribution in [0, 0.1) is 5.82 Å². The van der Waals surface area contributed by atoms with E-state index in [4.69, 9.17) is 0 Å². The smallest absolute Gasteiger partial charge is 0.308 e. The van der Waals surface area contributed by atoms with Crippen LogP contribution in [-0.4, -0.2) is 26.5 Å². The lowest BCUT2D eigenvalue weighted by Crippen LogP contribution is -1.98. The van der Waals surface area contributed by atoms with Gasteiger partial charge < -0.3 is 4.30 Å². The molecule has 0 saturated carbocycles. The maximum atomic E-state index is 13.5. The number of hydrogen-bond acceptors (Lipinski definition) is 3. The third-order valence-corrected chi connectivity index (χ3v) is 2.52. The summed E-state index contributed by atoms with van der Waals surface area (Å²) in [5.74, 6) is 0.116. The molecule has 0 aliphatic heterocycles. The van der Waals surface area contributed by atoms with Gasteiger partial charge in [-0.25, -0.2) is 14.4 Å². The molecule has 6 heteroatoms. The number of halogens is 2. The largest absolute Gasteiger partial charge is 0.476 e. The number of benzene rings is 1. The van der Waals surface area contributed by atoms with Crippen LogP contribution in [0.15, 0.2) is 22.9 Å². The van der Waals surface area contributed by atoms with Crippen LogP contribution in [0.3, 0.4) is 0 Å². The first-order valence-corrected chi connectivity index (χ1v) is 5.16. The number of anilines is 1. The molecule has 1 aromatic carbocycles. The van der Waals surface area contributed by atoms with E-state index in [1.807, 2.05) is 0 Å². The van der Waals surface area contributed by atoms with Crippen molar-refractivity contribution in [2.24, 2.45) is 0 Å². The zero-order valence-electron chi connectivity index (χ0n) is 6.96. The van der Waals surface area contributed by atoms with Gasteiger partial charge in [-0.05, 0) is 12.1 Å². The molecule has 1 N–H and O–H groups in total. The topological polar surface area (TPSA) is 37.8 Å². The second-order valence-corrected chi connectivity index (χ2v) is 3.85. The molecule has 2 rings (SSSR count). The van der Waals surface area contributed by atoms with Crippen molar-refractivity contribution in [2.75, 3.05) is 4.30 Å². The average Bonchev–Trinajstić information content (AvgIpc) is 2.16. The molecule has 3 nitrogen and oxygen atoms in total.